The van der Waals surface area contributed by atoms with Crippen molar-refractivity contribution in [3.8, 4) is 0 Å². The summed E-state index contributed by atoms with van der Waals surface area (Å²) in [5.74, 6) is -0.120. The zero-order valence-corrected chi connectivity index (χ0v) is 11.8. The standard InChI is InChI=1S/C14H19N3O3/c1-10-5-6-11(8-13(10)17(19)20)14(18)16-7-3-4-12(16)9-15-2/h5-6,8,12,15H,3-4,7,9H2,1-2H3. The molecule has 1 heterocycles. The van der Waals surface area contributed by atoms with Crippen LogP contribution in [0.4, 0.5) is 5.69 Å². The predicted octanol–water partition coefficient (Wildman–Crippen LogP) is 1.73. The third kappa shape index (κ3) is 2.80. The van der Waals surface area contributed by atoms with Crippen molar-refractivity contribution in [1.29, 1.82) is 0 Å². The summed E-state index contributed by atoms with van der Waals surface area (Å²) in [6, 6.07) is 4.85. The van der Waals surface area contributed by atoms with Crippen LogP contribution in [0.1, 0.15) is 28.8 Å². The molecular weight excluding hydrogens is 258 g/mol. The van der Waals surface area contributed by atoms with Crippen molar-refractivity contribution in [1.82, 2.24) is 10.2 Å². The van der Waals surface area contributed by atoms with Crippen molar-refractivity contribution >= 4 is 11.6 Å². The second kappa shape index (κ2) is 6.00. The largest absolute Gasteiger partial charge is 0.334 e. The highest BCUT2D eigenvalue weighted by molar-refractivity contribution is 5.95. The molecule has 1 aromatic rings. The molecule has 1 aromatic carbocycles. The number of likely N-dealkylation sites (N-methyl/N-ethyl adjacent to an activating group) is 1. The SMILES string of the molecule is CNCC1CCCN1C(=O)c1ccc(C)c([N+](=O)[O-])c1. The molecule has 0 radical (unpaired) electrons. The van der Waals surface area contributed by atoms with E-state index in [1.165, 1.54) is 6.07 Å². The highest BCUT2D eigenvalue weighted by Crippen LogP contribution is 2.23. The Bertz CT molecular complexity index is 530. The van der Waals surface area contributed by atoms with E-state index in [2.05, 4.69) is 5.32 Å². The van der Waals surface area contributed by atoms with E-state index >= 15 is 0 Å². The fraction of sp³-hybridized carbons (Fsp3) is 0.500. The molecule has 6 heteroatoms. The number of aryl methyl sites for hydroxylation is 1. The Morgan fingerprint density at radius 2 is 2.30 bits per heavy atom. The molecule has 1 atom stereocenters. The lowest BCUT2D eigenvalue weighted by molar-refractivity contribution is -0.385. The number of nitro groups is 1. The molecule has 20 heavy (non-hydrogen) atoms. The van der Waals surface area contributed by atoms with Gasteiger partial charge in [0.1, 0.15) is 0 Å². The van der Waals surface area contributed by atoms with Crippen LogP contribution in [0.2, 0.25) is 0 Å². The molecule has 2 rings (SSSR count). The highest BCUT2D eigenvalue weighted by atomic mass is 16.6. The Morgan fingerprint density at radius 3 is 2.95 bits per heavy atom. The van der Waals surface area contributed by atoms with Crippen LogP contribution < -0.4 is 5.32 Å². The van der Waals surface area contributed by atoms with Gasteiger partial charge in [0.05, 0.1) is 4.92 Å². The van der Waals surface area contributed by atoms with Crippen LogP contribution >= 0.6 is 0 Å². The Balaban J connectivity index is 2.25. The second-order valence-electron chi connectivity index (χ2n) is 5.11. The molecule has 0 aromatic heterocycles. The summed E-state index contributed by atoms with van der Waals surface area (Å²) in [5.41, 5.74) is 0.963. The molecule has 0 bridgehead atoms. The summed E-state index contributed by atoms with van der Waals surface area (Å²) >= 11 is 0. The van der Waals surface area contributed by atoms with Gasteiger partial charge in [-0.05, 0) is 32.9 Å². The van der Waals surface area contributed by atoms with Crippen LogP contribution in [0.25, 0.3) is 0 Å². The van der Waals surface area contributed by atoms with Crippen LogP contribution in [-0.4, -0.2) is 41.9 Å². The number of carbonyl (C=O) groups excluding carboxylic acids is 1. The van der Waals surface area contributed by atoms with E-state index in [1.54, 1.807) is 19.1 Å². The molecule has 0 spiro atoms. The van der Waals surface area contributed by atoms with Crippen molar-refractivity contribution < 1.29 is 9.72 Å². The molecule has 0 aliphatic carbocycles. The average Bonchev–Trinajstić information content (AvgIpc) is 2.87. The first-order valence-corrected chi connectivity index (χ1v) is 6.75. The molecule has 1 saturated heterocycles. The summed E-state index contributed by atoms with van der Waals surface area (Å²) in [7, 11) is 1.86. The maximum absolute atomic E-state index is 12.5. The van der Waals surface area contributed by atoms with E-state index in [0.717, 1.165) is 19.4 Å². The van der Waals surface area contributed by atoms with Crippen molar-refractivity contribution in [2.24, 2.45) is 0 Å². The lowest BCUT2D eigenvalue weighted by atomic mass is 10.1. The van der Waals surface area contributed by atoms with E-state index in [1.807, 2.05) is 11.9 Å². The van der Waals surface area contributed by atoms with E-state index in [9.17, 15) is 14.9 Å². The number of carbonyl (C=O) groups is 1. The average molecular weight is 277 g/mol. The number of hydrogen-bond donors (Lipinski definition) is 1. The summed E-state index contributed by atoms with van der Waals surface area (Å²) < 4.78 is 0. The third-order valence-electron chi connectivity index (χ3n) is 3.73. The van der Waals surface area contributed by atoms with Gasteiger partial charge in [0, 0.05) is 36.3 Å². The second-order valence-corrected chi connectivity index (χ2v) is 5.11. The molecule has 1 unspecified atom stereocenters. The summed E-state index contributed by atoms with van der Waals surface area (Å²) in [6.45, 7) is 3.14. The van der Waals surface area contributed by atoms with Gasteiger partial charge in [-0.25, -0.2) is 0 Å². The molecule has 0 saturated carbocycles. The molecule has 6 nitrogen and oxygen atoms in total. The Kier molecular flexibility index (Phi) is 4.34. The van der Waals surface area contributed by atoms with Crippen molar-refractivity contribution in [2.45, 2.75) is 25.8 Å². The molecule has 1 aliphatic rings. The van der Waals surface area contributed by atoms with Gasteiger partial charge in [-0.1, -0.05) is 6.07 Å². The Labute approximate surface area is 117 Å². The lowest BCUT2D eigenvalue weighted by Gasteiger charge is -2.24. The van der Waals surface area contributed by atoms with Crippen molar-refractivity contribution in [3.05, 3.63) is 39.4 Å². The highest BCUT2D eigenvalue weighted by Gasteiger charge is 2.29. The Morgan fingerprint density at radius 1 is 1.55 bits per heavy atom. The minimum Gasteiger partial charge on any atom is -0.334 e. The fourth-order valence-corrected chi connectivity index (χ4v) is 2.66. The maximum Gasteiger partial charge on any atom is 0.273 e. The number of rotatable bonds is 4. The summed E-state index contributed by atoms with van der Waals surface area (Å²) in [5, 5.41) is 14.0. The van der Waals surface area contributed by atoms with Gasteiger partial charge in [-0.3, -0.25) is 14.9 Å². The number of benzene rings is 1. The first-order chi connectivity index (χ1) is 9.54. The van der Waals surface area contributed by atoms with Crippen LogP contribution in [0.15, 0.2) is 18.2 Å². The number of hydrogen-bond acceptors (Lipinski definition) is 4. The Hall–Kier alpha value is -1.95. The van der Waals surface area contributed by atoms with Gasteiger partial charge < -0.3 is 10.2 Å². The van der Waals surface area contributed by atoms with Gasteiger partial charge in [0.25, 0.3) is 11.6 Å². The van der Waals surface area contributed by atoms with Gasteiger partial charge >= 0.3 is 0 Å². The van der Waals surface area contributed by atoms with Crippen molar-refractivity contribution in [2.75, 3.05) is 20.1 Å². The predicted molar refractivity (Wildman–Crippen MR) is 75.8 cm³/mol. The maximum atomic E-state index is 12.5. The zero-order valence-electron chi connectivity index (χ0n) is 11.8. The quantitative estimate of drug-likeness (QED) is 0.671. The van der Waals surface area contributed by atoms with Gasteiger partial charge in [-0.2, -0.15) is 0 Å². The topological polar surface area (TPSA) is 75.5 Å². The molecular formula is C14H19N3O3. The van der Waals surface area contributed by atoms with E-state index in [4.69, 9.17) is 0 Å². The van der Waals surface area contributed by atoms with Gasteiger partial charge in [0.2, 0.25) is 0 Å². The van der Waals surface area contributed by atoms with E-state index in [0.29, 0.717) is 17.7 Å². The molecule has 1 amide bonds. The van der Waals surface area contributed by atoms with Crippen LogP contribution in [0, 0.1) is 17.0 Å². The summed E-state index contributed by atoms with van der Waals surface area (Å²) in [6.07, 6.45) is 1.95. The monoisotopic (exact) mass is 277 g/mol. The van der Waals surface area contributed by atoms with Gasteiger partial charge in [0.15, 0.2) is 0 Å². The zero-order chi connectivity index (χ0) is 14.7. The lowest BCUT2D eigenvalue weighted by Crippen LogP contribution is -2.40. The number of nitrogens with zero attached hydrogens (tertiary/aromatic N) is 2. The van der Waals surface area contributed by atoms with Crippen molar-refractivity contribution in [3.63, 3.8) is 0 Å². The molecule has 1 N–H and O–H groups in total. The normalized spacial score (nSPS) is 18.3. The first-order valence-electron chi connectivity index (χ1n) is 6.75. The number of likely N-dealkylation sites (tertiary alicyclic amines) is 1. The first kappa shape index (κ1) is 14.5. The summed E-state index contributed by atoms with van der Waals surface area (Å²) in [4.78, 5) is 24.8. The molecule has 108 valence electrons. The number of amides is 1. The fourth-order valence-electron chi connectivity index (χ4n) is 2.66. The van der Waals surface area contributed by atoms with Crippen LogP contribution in [0.3, 0.4) is 0 Å². The third-order valence-corrected chi connectivity index (χ3v) is 3.73. The van der Waals surface area contributed by atoms with Gasteiger partial charge in [-0.15, -0.1) is 0 Å². The molecule has 1 aliphatic heterocycles. The van der Waals surface area contributed by atoms with Crippen LogP contribution in [-0.2, 0) is 0 Å². The van der Waals surface area contributed by atoms with Crippen LogP contribution in [0.5, 0.6) is 0 Å². The number of nitrogens with one attached hydrogen (secondary N) is 1. The smallest absolute Gasteiger partial charge is 0.273 e. The number of nitro benzene ring substituents is 1. The molecule has 1 fully saturated rings. The minimum atomic E-state index is -0.443. The van der Waals surface area contributed by atoms with E-state index in [-0.39, 0.29) is 17.6 Å². The van der Waals surface area contributed by atoms with E-state index < -0.39 is 4.92 Å². The minimum absolute atomic E-state index is 0.000198.